The summed E-state index contributed by atoms with van der Waals surface area (Å²) in [5.74, 6) is 0.0334. The summed E-state index contributed by atoms with van der Waals surface area (Å²) >= 11 is 0. The Morgan fingerprint density at radius 3 is 2.62 bits per heavy atom. The first-order chi connectivity index (χ1) is 18.7. The number of carbonyl (C=O) groups excluding carboxylic acids is 2. The third-order valence-electron chi connectivity index (χ3n) is 7.68. The van der Waals surface area contributed by atoms with Gasteiger partial charge in [-0.3, -0.25) is 4.79 Å². The van der Waals surface area contributed by atoms with Crippen LogP contribution in [0.15, 0.2) is 62.8 Å². The number of nitrogens with zero attached hydrogens (tertiary/aromatic N) is 4. The number of hydrogen-bond acceptors (Lipinski definition) is 6. The first-order valence-corrected chi connectivity index (χ1v) is 13.6. The van der Waals surface area contributed by atoms with Crippen molar-refractivity contribution in [3.05, 3.63) is 76.1 Å². The van der Waals surface area contributed by atoms with Crippen molar-refractivity contribution < 1.29 is 14.0 Å². The van der Waals surface area contributed by atoms with E-state index in [-0.39, 0.29) is 24.6 Å². The van der Waals surface area contributed by atoms with Crippen LogP contribution in [0.4, 0.5) is 10.5 Å². The molecule has 1 aromatic heterocycles. The third kappa shape index (κ3) is 6.02. The normalized spacial score (nSPS) is 16.3. The predicted molar refractivity (Wildman–Crippen MR) is 149 cm³/mol. The molecule has 1 saturated carbocycles. The molecule has 2 aromatic carbocycles. The minimum Gasteiger partial charge on any atom is -0.390 e. The molecule has 9 heteroatoms. The number of rotatable bonds is 8. The molecule has 2 heterocycles. The van der Waals surface area contributed by atoms with Crippen molar-refractivity contribution in [1.82, 2.24) is 14.8 Å². The van der Waals surface area contributed by atoms with E-state index in [0.29, 0.717) is 28.6 Å². The maximum Gasteiger partial charge on any atom is 0.442 e. The number of aryl methyl sites for hydroxylation is 1. The average Bonchev–Trinajstić information content (AvgIpc) is 3.22. The molecule has 1 fully saturated rings. The summed E-state index contributed by atoms with van der Waals surface area (Å²) in [6.45, 7) is 5.78. The molecule has 0 atom stereocenters. The molecule has 204 valence electrons. The van der Waals surface area contributed by atoms with Gasteiger partial charge in [0.15, 0.2) is 0 Å². The molecule has 39 heavy (non-hydrogen) atoms. The lowest BCUT2D eigenvalue weighted by Gasteiger charge is -2.31. The van der Waals surface area contributed by atoms with Crippen LogP contribution in [0.2, 0.25) is 0 Å². The second-order valence-corrected chi connectivity index (χ2v) is 11.3. The van der Waals surface area contributed by atoms with Gasteiger partial charge in [0.25, 0.3) is 0 Å². The van der Waals surface area contributed by atoms with Crippen molar-refractivity contribution in [2.75, 3.05) is 5.32 Å². The van der Waals surface area contributed by atoms with Crippen molar-refractivity contribution in [2.24, 2.45) is 16.4 Å². The Balaban J connectivity index is 1.41. The van der Waals surface area contributed by atoms with Gasteiger partial charge in [-0.15, -0.1) is 5.10 Å². The number of hydrazone groups is 1. The lowest BCUT2D eigenvalue weighted by Crippen LogP contribution is -2.31. The van der Waals surface area contributed by atoms with E-state index >= 15 is 0 Å². The number of nitrogens with one attached hydrogen (secondary N) is 1. The Morgan fingerprint density at radius 1 is 1.08 bits per heavy atom. The second-order valence-electron chi connectivity index (χ2n) is 11.3. The number of Topliss-reactive ketones (excluding diaryl/α,β-unsaturated/α-hetero) is 1. The largest absolute Gasteiger partial charge is 0.442 e. The molecule has 1 N–H and O–H groups in total. The van der Waals surface area contributed by atoms with Crippen LogP contribution in [-0.4, -0.2) is 32.3 Å². The molecule has 3 aromatic rings. The topological polar surface area (TPSA) is 110 Å². The fourth-order valence-electron chi connectivity index (χ4n) is 5.56. The number of anilines is 1. The quantitative estimate of drug-likeness (QED) is 0.394. The number of benzene rings is 2. The van der Waals surface area contributed by atoms with Gasteiger partial charge in [-0.25, -0.2) is 14.6 Å². The first kappa shape index (κ1) is 26.6. The van der Waals surface area contributed by atoms with Gasteiger partial charge in [0.05, 0.1) is 23.5 Å². The zero-order valence-electron chi connectivity index (χ0n) is 22.8. The Bertz CT molecular complexity index is 1460. The van der Waals surface area contributed by atoms with Crippen molar-refractivity contribution in [3.63, 3.8) is 0 Å². The maximum absolute atomic E-state index is 13.6. The van der Waals surface area contributed by atoms with Crippen molar-refractivity contribution >= 4 is 23.2 Å². The summed E-state index contributed by atoms with van der Waals surface area (Å²) in [4.78, 5) is 39.3. The summed E-state index contributed by atoms with van der Waals surface area (Å²) in [5.41, 5.74) is 2.80. The highest BCUT2D eigenvalue weighted by Crippen LogP contribution is 2.36. The van der Waals surface area contributed by atoms with Crippen LogP contribution in [-0.2, 0) is 11.3 Å². The van der Waals surface area contributed by atoms with Crippen LogP contribution in [0.5, 0.6) is 0 Å². The van der Waals surface area contributed by atoms with E-state index in [1.54, 1.807) is 12.1 Å². The van der Waals surface area contributed by atoms with Crippen LogP contribution in [0.1, 0.15) is 75.8 Å². The highest BCUT2D eigenvalue weighted by Gasteiger charge is 2.34. The molecule has 0 radical (unpaired) electrons. The van der Waals surface area contributed by atoms with E-state index in [9.17, 15) is 14.4 Å². The van der Waals surface area contributed by atoms with Gasteiger partial charge < -0.3 is 9.73 Å². The maximum atomic E-state index is 13.6. The van der Waals surface area contributed by atoms with Crippen LogP contribution in [0, 0.1) is 18.3 Å². The average molecular weight is 530 g/mol. The van der Waals surface area contributed by atoms with Gasteiger partial charge in [0.2, 0.25) is 5.89 Å². The van der Waals surface area contributed by atoms with Crippen molar-refractivity contribution in [2.45, 2.75) is 72.3 Å². The first-order valence-electron chi connectivity index (χ1n) is 13.6. The SMILES string of the molecule is Cc1cccc(-n2nc(CN3N=C(CC(=O)C(C)(C)CC4CCCCC4)c4ccccc4NC3=O)oc2=O)c1. The molecule has 1 aliphatic heterocycles. The van der Waals surface area contributed by atoms with E-state index in [2.05, 4.69) is 15.5 Å². The molecule has 9 nitrogen and oxygen atoms in total. The summed E-state index contributed by atoms with van der Waals surface area (Å²) < 4.78 is 6.53. The molecule has 0 unspecified atom stereocenters. The molecule has 0 spiro atoms. The van der Waals surface area contributed by atoms with Gasteiger partial charge in [-0.1, -0.05) is 76.3 Å². The van der Waals surface area contributed by atoms with Gasteiger partial charge in [-0.05, 0) is 43.0 Å². The summed E-state index contributed by atoms with van der Waals surface area (Å²) in [5, 5.41) is 13.0. The minimum absolute atomic E-state index is 0.0367. The lowest BCUT2D eigenvalue weighted by molar-refractivity contribution is -0.126. The van der Waals surface area contributed by atoms with Crippen LogP contribution in [0.3, 0.4) is 0 Å². The number of para-hydroxylation sites is 1. The Labute approximate surface area is 227 Å². The van der Waals surface area contributed by atoms with E-state index in [0.717, 1.165) is 16.7 Å². The third-order valence-corrected chi connectivity index (χ3v) is 7.68. The van der Waals surface area contributed by atoms with Crippen molar-refractivity contribution in [1.29, 1.82) is 0 Å². The minimum atomic E-state index is -0.655. The van der Waals surface area contributed by atoms with Crippen LogP contribution in [0.25, 0.3) is 5.69 Å². The second kappa shape index (κ2) is 11.0. The monoisotopic (exact) mass is 529 g/mol. The summed E-state index contributed by atoms with van der Waals surface area (Å²) in [6.07, 6.45) is 7.02. The fourth-order valence-corrected chi connectivity index (χ4v) is 5.56. The fraction of sp³-hybridized carbons (Fsp3) is 0.433. The molecule has 2 aliphatic rings. The lowest BCUT2D eigenvalue weighted by atomic mass is 9.73. The number of aromatic nitrogens is 2. The number of urea groups is 1. The summed E-state index contributed by atoms with van der Waals surface area (Å²) in [7, 11) is 0. The molecule has 0 saturated heterocycles. The molecule has 1 aliphatic carbocycles. The van der Waals surface area contributed by atoms with Crippen LogP contribution < -0.4 is 11.1 Å². The number of ketones is 1. The number of fused-ring (bicyclic) bond motifs is 1. The molecule has 0 bridgehead atoms. The standard InChI is InChI=1S/C30H35N5O4/c1-20-10-9-13-22(16-20)35-29(38)39-27(33-35)19-34-28(37)31-24-15-8-7-14-23(24)25(32-34)17-26(36)30(2,3)18-21-11-5-4-6-12-21/h7-10,13-16,21H,4-6,11-12,17-19H2,1-3H3,(H,31,37). The Kier molecular flexibility index (Phi) is 7.50. The highest BCUT2D eigenvalue weighted by molar-refractivity contribution is 6.16. The summed E-state index contributed by atoms with van der Waals surface area (Å²) in [6, 6.07) is 14.1. The van der Waals surface area contributed by atoms with Gasteiger partial charge in [0, 0.05) is 11.0 Å². The zero-order valence-corrected chi connectivity index (χ0v) is 22.8. The van der Waals surface area contributed by atoms with E-state index in [1.165, 1.54) is 37.1 Å². The van der Waals surface area contributed by atoms with Gasteiger partial charge in [0.1, 0.15) is 12.3 Å². The Morgan fingerprint density at radius 2 is 1.85 bits per heavy atom. The number of amides is 2. The molecular formula is C30H35N5O4. The van der Waals surface area contributed by atoms with E-state index in [1.807, 2.05) is 57.2 Å². The van der Waals surface area contributed by atoms with Gasteiger partial charge >= 0.3 is 11.8 Å². The molecule has 2 amide bonds. The molecule has 5 rings (SSSR count). The zero-order chi connectivity index (χ0) is 27.6. The van der Waals surface area contributed by atoms with Crippen molar-refractivity contribution in [3.8, 4) is 5.69 Å². The molecular weight excluding hydrogens is 494 g/mol. The Hall–Kier alpha value is -4.01. The predicted octanol–water partition coefficient (Wildman–Crippen LogP) is 5.84. The van der Waals surface area contributed by atoms with E-state index in [4.69, 9.17) is 4.42 Å². The number of carbonyl (C=O) groups is 2. The smallest absolute Gasteiger partial charge is 0.390 e. The highest BCUT2D eigenvalue weighted by atomic mass is 16.4. The number of hydrogen-bond donors (Lipinski definition) is 1. The van der Waals surface area contributed by atoms with E-state index < -0.39 is 17.2 Å². The van der Waals surface area contributed by atoms with Crippen LogP contribution >= 0.6 is 0 Å². The van der Waals surface area contributed by atoms with Gasteiger partial charge in [-0.2, -0.15) is 9.78 Å².